The highest BCUT2D eigenvalue weighted by Gasteiger charge is 2.24. The molecular formula is C18H30N4OS. The third-order valence-corrected chi connectivity index (χ3v) is 5.47. The maximum absolute atomic E-state index is 11.6. The Labute approximate surface area is 149 Å². The molecule has 1 aliphatic rings. The number of aromatic nitrogens is 1. The molecule has 0 saturated heterocycles. The van der Waals surface area contributed by atoms with Crippen molar-refractivity contribution in [1.29, 1.82) is 0 Å². The Balaban J connectivity index is 1.73. The topological polar surface area (TPSA) is 58.4 Å². The van der Waals surface area contributed by atoms with Crippen LogP contribution in [0.5, 0.6) is 0 Å². The molecule has 1 heterocycles. The average molecular weight is 351 g/mol. The molecule has 0 bridgehead atoms. The van der Waals surface area contributed by atoms with Crippen LogP contribution in [-0.4, -0.2) is 41.2 Å². The zero-order valence-electron chi connectivity index (χ0n) is 14.8. The third-order valence-electron chi connectivity index (χ3n) is 4.38. The molecule has 2 atom stereocenters. The molecule has 1 aromatic heterocycles. The highest BCUT2D eigenvalue weighted by Crippen LogP contribution is 2.27. The van der Waals surface area contributed by atoms with Crippen LogP contribution in [0.4, 0.5) is 0 Å². The van der Waals surface area contributed by atoms with E-state index in [4.69, 9.17) is 0 Å². The Morgan fingerprint density at radius 2 is 2.25 bits per heavy atom. The van der Waals surface area contributed by atoms with E-state index in [1.807, 2.05) is 24.0 Å². The van der Waals surface area contributed by atoms with Crippen LogP contribution in [0.25, 0.3) is 0 Å². The van der Waals surface area contributed by atoms with Crippen molar-refractivity contribution in [3.05, 3.63) is 34.7 Å². The first-order chi connectivity index (χ1) is 11.7. The molecule has 0 radical (unpaired) electrons. The molecular weight excluding hydrogens is 320 g/mol. The summed E-state index contributed by atoms with van der Waals surface area (Å²) in [7, 11) is 0. The van der Waals surface area contributed by atoms with Crippen LogP contribution in [0, 0.1) is 0 Å². The highest BCUT2D eigenvalue weighted by molar-refractivity contribution is 7.99. The van der Waals surface area contributed by atoms with Crippen molar-refractivity contribution < 1.29 is 0 Å². The van der Waals surface area contributed by atoms with Gasteiger partial charge in [-0.3, -0.25) is 9.79 Å². The fourth-order valence-corrected chi connectivity index (χ4v) is 3.83. The second-order valence-corrected chi connectivity index (χ2v) is 7.35. The summed E-state index contributed by atoms with van der Waals surface area (Å²) in [5, 5.41) is 7.69. The normalized spacial score (nSPS) is 21.0. The Kier molecular flexibility index (Phi) is 8.22. The number of rotatable bonds is 8. The van der Waals surface area contributed by atoms with Gasteiger partial charge in [0.05, 0.1) is 0 Å². The van der Waals surface area contributed by atoms with Gasteiger partial charge in [0, 0.05) is 43.2 Å². The van der Waals surface area contributed by atoms with E-state index in [9.17, 15) is 4.79 Å². The van der Waals surface area contributed by atoms with E-state index in [-0.39, 0.29) is 5.56 Å². The molecule has 1 aromatic rings. The van der Waals surface area contributed by atoms with E-state index >= 15 is 0 Å². The summed E-state index contributed by atoms with van der Waals surface area (Å²) in [5.41, 5.74) is 0.0700. The quantitative estimate of drug-likeness (QED) is 0.430. The molecule has 2 unspecified atom stereocenters. The number of nitrogens with one attached hydrogen (secondary N) is 2. The summed E-state index contributed by atoms with van der Waals surface area (Å²) < 4.78 is 1.76. The molecule has 1 fully saturated rings. The molecule has 0 aromatic carbocycles. The van der Waals surface area contributed by atoms with Gasteiger partial charge in [-0.15, -0.1) is 0 Å². The van der Waals surface area contributed by atoms with Gasteiger partial charge >= 0.3 is 0 Å². The summed E-state index contributed by atoms with van der Waals surface area (Å²) in [5.74, 6) is 0.932. The van der Waals surface area contributed by atoms with Gasteiger partial charge in [-0.05, 0) is 51.3 Å². The molecule has 1 aliphatic carbocycles. The van der Waals surface area contributed by atoms with Gasteiger partial charge in [0.25, 0.3) is 0 Å². The lowest BCUT2D eigenvalue weighted by atomic mass is 10.2. The molecule has 6 heteroatoms. The Hall–Kier alpha value is -1.43. The molecule has 2 N–H and O–H groups in total. The number of aliphatic imine (C=N–C) groups is 1. The van der Waals surface area contributed by atoms with Crippen LogP contribution in [-0.2, 0) is 6.54 Å². The van der Waals surface area contributed by atoms with Crippen LogP contribution in [0.3, 0.4) is 0 Å². The van der Waals surface area contributed by atoms with E-state index in [1.54, 1.807) is 16.7 Å². The highest BCUT2D eigenvalue weighted by atomic mass is 32.2. The fraction of sp³-hybridized carbons (Fsp3) is 0.667. The maximum Gasteiger partial charge on any atom is 0.250 e. The largest absolute Gasteiger partial charge is 0.357 e. The molecule has 2 rings (SSSR count). The molecule has 0 amide bonds. The number of thioether (sulfide) groups is 1. The van der Waals surface area contributed by atoms with Gasteiger partial charge in [-0.1, -0.05) is 6.07 Å². The lowest BCUT2D eigenvalue weighted by Gasteiger charge is -2.17. The summed E-state index contributed by atoms with van der Waals surface area (Å²) in [6.45, 7) is 4.52. The summed E-state index contributed by atoms with van der Waals surface area (Å²) >= 11 is 1.97. The lowest BCUT2D eigenvalue weighted by Crippen LogP contribution is -2.42. The van der Waals surface area contributed by atoms with Crippen LogP contribution >= 0.6 is 11.8 Å². The van der Waals surface area contributed by atoms with Crippen molar-refractivity contribution in [3.8, 4) is 0 Å². The summed E-state index contributed by atoms with van der Waals surface area (Å²) in [4.78, 5) is 16.3. The monoisotopic (exact) mass is 350 g/mol. The van der Waals surface area contributed by atoms with Gasteiger partial charge in [-0.2, -0.15) is 11.8 Å². The number of guanidine groups is 1. The fourth-order valence-electron chi connectivity index (χ4n) is 3.03. The minimum Gasteiger partial charge on any atom is -0.357 e. The number of nitrogens with zero attached hydrogens (tertiary/aromatic N) is 2. The Morgan fingerprint density at radius 1 is 1.38 bits per heavy atom. The predicted molar refractivity (Wildman–Crippen MR) is 104 cm³/mol. The van der Waals surface area contributed by atoms with Crippen LogP contribution in [0.15, 0.2) is 34.2 Å². The first kappa shape index (κ1) is 18.9. The number of unbranched alkanes of at least 4 members (excludes halogenated alkanes) is 1. The average Bonchev–Trinajstić information content (AvgIpc) is 3.04. The van der Waals surface area contributed by atoms with Crippen molar-refractivity contribution >= 4 is 17.7 Å². The van der Waals surface area contributed by atoms with E-state index in [1.165, 1.54) is 19.3 Å². The van der Waals surface area contributed by atoms with Gasteiger partial charge in [0.2, 0.25) is 5.56 Å². The van der Waals surface area contributed by atoms with E-state index in [0.717, 1.165) is 43.7 Å². The van der Waals surface area contributed by atoms with Crippen molar-refractivity contribution in [2.24, 2.45) is 4.99 Å². The summed E-state index contributed by atoms with van der Waals surface area (Å²) in [6, 6.07) is 5.83. The number of aryl methyl sites for hydroxylation is 1. The smallest absolute Gasteiger partial charge is 0.250 e. The predicted octanol–water partition coefficient (Wildman–Crippen LogP) is 2.47. The van der Waals surface area contributed by atoms with Gasteiger partial charge in [-0.25, -0.2) is 0 Å². The van der Waals surface area contributed by atoms with Gasteiger partial charge in [0.1, 0.15) is 0 Å². The van der Waals surface area contributed by atoms with E-state index in [2.05, 4.69) is 28.8 Å². The molecule has 0 aliphatic heterocycles. The molecule has 24 heavy (non-hydrogen) atoms. The lowest BCUT2D eigenvalue weighted by molar-refractivity contribution is 0.591. The second kappa shape index (κ2) is 10.4. The van der Waals surface area contributed by atoms with Gasteiger partial charge < -0.3 is 15.2 Å². The molecule has 5 nitrogen and oxygen atoms in total. The second-order valence-electron chi connectivity index (χ2n) is 6.21. The molecule has 134 valence electrons. The minimum atomic E-state index is 0.0700. The van der Waals surface area contributed by atoms with Crippen molar-refractivity contribution in [2.75, 3.05) is 19.3 Å². The van der Waals surface area contributed by atoms with Crippen molar-refractivity contribution in [3.63, 3.8) is 0 Å². The Bertz CT molecular complexity index is 572. The standard InChI is InChI=1S/C18H30N4OS/c1-3-19-18(21-15-9-10-16(14-15)24-2)20-11-5-7-13-22-12-6-4-8-17(22)23/h4,6,8,12,15-16H,3,5,7,9-11,13-14H2,1-2H3,(H2,19,20,21). The first-order valence-electron chi connectivity index (χ1n) is 8.96. The minimum absolute atomic E-state index is 0.0700. The SMILES string of the molecule is CCNC(=NCCCCn1ccccc1=O)NC1CCC(SC)C1. The van der Waals surface area contributed by atoms with E-state index < -0.39 is 0 Å². The van der Waals surface area contributed by atoms with Crippen LogP contribution < -0.4 is 16.2 Å². The first-order valence-corrected chi connectivity index (χ1v) is 10.2. The van der Waals surface area contributed by atoms with Crippen LogP contribution in [0.1, 0.15) is 39.0 Å². The van der Waals surface area contributed by atoms with Gasteiger partial charge in [0.15, 0.2) is 5.96 Å². The molecule has 0 spiro atoms. The summed E-state index contributed by atoms with van der Waals surface area (Å²) in [6.07, 6.45) is 9.74. The van der Waals surface area contributed by atoms with Crippen molar-refractivity contribution in [1.82, 2.24) is 15.2 Å². The zero-order chi connectivity index (χ0) is 17.2. The zero-order valence-corrected chi connectivity index (χ0v) is 15.6. The number of hydrogen-bond acceptors (Lipinski definition) is 3. The molecule has 1 saturated carbocycles. The van der Waals surface area contributed by atoms with Crippen molar-refractivity contribution in [2.45, 2.75) is 56.9 Å². The van der Waals surface area contributed by atoms with Crippen LogP contribution in [0.2, 0.25) is 0 Å². The van der Waals surface area contributed by atoms with E-state index in [0.29, 0.717) is 6.04 Å². The Morgan fingerprint density at radius 3 is 2.96 bits per heavy atom. The number of hydrogen-bond donors (Lipinski definition) is 2. The maximum atomic E-state index is 11.6. The number of pyridine rings is 1. The third kappa shape index (κ3) is 6.23.